The smallest absolute Gasteiger partial charge is 0.228 e. The van der Waals surface area contributed by atoms with Crippen molar-refractivity contribution in [1.82, 2.24) is 19.5 Å². The van der Waals surface area contributed by atoms with Crippen LogP contribution in [0.5, 0.6) is 0 Å². The van der Waals surface area contributed by atoms with Crippen LogP contribution >= 0.6 is 11.8 Å². The maximum Gasteiger partial charge on any atom is 0.228 e. The van der Waals surface area contributed by atoms with E-state index in [4.69, 9.17) is 9.97 Å². The number of anilines is 4. The molecule has 0 spiro atoms. The molecule has 1 amide bonds. The number of thioether (sulfide) groups is 1. The number of fused-ring (bicyclic) bond motifs is 1. The molecule has 9 heteroatoms. The highest BCUT2D eigenvalue weighted by Crippen LogP contribution is 2.39. The van der Waals surface area contributed by atoms with E-state index in [1.807, 2.05) is 60.7 Å². The van der Waals surface area contributed by atoms with Crippen molar-refractivity contribution < 1.29 is 4.79 Å². The van der Waals surface area contributed by atoms with Gasteiger partial charge in [-0.1, -0.05) is 61.2 Å². The zero-order valence-corrected chi connectivity index (χ0v) is 25.6. The lowest BCUT2D eigenvalue weighted by atomic mass is 9.99. The van der Waals surface area contributed by atoms with Crippen molar-refractivity contribution >= 4 is 40.7 Å². The van der Waals surface area contributed by atoms with Gasteiger partial charge in [-0.3, -0.25) is 4.79 Å². The molecule has 2 aliphatic rings. The highest BCUT2D eigenvalue weighted by Gasteiger charge is 2.25. The fraction of sp³-hybridized carbons (Fsp3) is 0.257. The van der Waals surface area contributed by atoms with Crippen LogP contribution in [0.2, 0.25) is 0 Å². The topological polar surface area (TPSA) is 88.0 Å². The van der Waals surface area contributed by atoms with Gasteiger partial charge in [0.25, 0.3) is 0 Å². The van der Waals surface area contributed by atoms with Gasteiger partial charge in [0.15, 0.2) is 5.16 Å². The molecular formula is C35H35N7OS. The zero-order valence-electron chi connectivity index (χ0n) is 24.7. The van der Waals surface area contributed by atoms with Crippen LogP contribution in [0.15, 0.2) is 96.3 Å². The number of aromatic nitrogens is 4. The number of nitrogens with zero attached hydrogens (tertiary/aromatic N) is 5. The second kappa shape index (κ2) is 12.5. The fourth-order valence-electron chi connectivity index (χ4n) is 5.87. The van der Waals surface area contributed by atoms with E-state index >= 15 is 0 Å². The van der Waals surface area contributed by atoms with Gasteiger partial charge in [-0.15, -0.1) is 0 Å². The second-order valence-corrected chi connectivity index (χ2v) is 12.6. The van der Waals surface area contributed by atoms with E-state index < -0.39 is 0 Å². The summed E-state index contributed by atoms with van der Waals surface area (Å²) in [6.45, 7) is 5.42. The molecule has 3 aromatic carbocycles. The number of nitrogens with one attached hydrogen (secondary N) is 2. The molecule has 0 bridgehead atoms. The molecule has 5 aromatic rings. The van der Waals surface area contributed by atoms with Gasteiger partial charge in [-0.25, -0.2) is 15.0 Å². The first-order chi connectivity index (χ1) is 21.6. The summed E-state index contributed by atoms with van der Waals surface area (Å²) in [4.78, 5) is 29.7. The highest BCUT2D eigenvalue weighted by atomic mass is 32.2. The molecule has 2 aromatic heterocycles. The maximum absolute atomic E-state index is 12.8. The summed E-state index contributed by atoms with van der Waals surface area (Å²) < 4.78 is 2.24. The monoisotopic (exact) mass is 601 g/mol. The van der Waals surface area contributed by atoms with E-state index in [-0.39, 0.29) is 5.91 Å². The van der Waals surface area contributed by atoms with E-state index in [1.54, 1.807) is 18.0 Å². The van der Waals surface area contributed by atoms with Crippen molar-refractivity contribution in [2.75, 3.05) is 34.4 Å². The Morgan fingerprint density at radius 1 is 0.909 bits per heavy atom. The van der Waals surface area contributed by atoms with Crippen LogP contribution in [-0.2, 0) is 17.8 Å². The summed E-state index contributed by atoms with van der Waals surface area (Å²) in [7, 11) is 0. The molecular weight excluding hydrogens is 567 g/mol. The van der Waals surface area contributed by atoms with Crippen molar-refractivity contribution in [3.8, 4) is 22.6 Å². The van der Waals surface area contributed by atoms with Gasteiger partial charge < -0.3 is 20.1 Å². The molecule has 0 unspecified atom stereocenters. The molecule has 8 nitrogen and oxygen atoms in total. The lowest BCUT2D eigenvalue weighted by Crippen LogP contribution is -2.32. The molecule has 4 heterocycles. The number of carbonyl (C=O) groups excluding carboxylic acids is 1. The summed E-state index contributed by atoms with van der Waals surface area (Å²) in [6.07, 6.45) is 4.60. The van der Waals surface area contributed by atoms with Crippen molar-refractivity contribution in [3.05, 3.63) is 96.7 Å². The molecule has 2 N–H and O–H groups in total. The number of rotatable bonds is 8. The highest BCUT2D eigenvalue weighted by molar-refractivity contribution is 7.99. The molecule has 7 rings (SSSR count). The summed E-state index contributed by atoms with van der Waals surface area (Å²) in [5.41, 5.74) is 7.45. The first kappa shape index (κ1) is 28.2. The van der Waals surface area contributed by atoms with Crippen LogP contribution < -0.4 is 15.5 Å². The van der Waals surface area contributed by atoms with Crippen LogP contribution in [0.25, 0.3) is 22.6 Å². The Kier molecular flexibility index (Phi) is 8.02. The van der Waals surface area contributed by atoms with Gasteiger partial charge in [-0.05, 0) is 66.8 Å². The molecule has 1 fully saturated rings. The minimum Gasteiger partial charge on any atom is -0.372 e. The summed E-state index contributed by atoms with van der Waals surface area (Å²) >= 11 is 1.75. The Hall–Kier alpha value is -4.63. The Morgan fingerprint density at radius 2 is 1.73 bits per heavy atom. The van der Waals surface area contributed by atoms with Gasteiger partial charge in [0.2, 0.25) is 11.9 Å². The molecule has 1 saturated heterocycles. The average Bonchev–Trinajstić information content (AvgIpc) is 3.65. The zero-order chi connectivity index (χ0) is 29.9. The van der Waals surface area contributed by atoms with Gasteiger partial charge >= 0.3 is 0 Å². The number of hydrogen-bond donors (Lipinski definition) is 2. The van der Waals surface area contributed by atoms with Crippen molar-refractivity contribution in [1.29, 1.82) is 0 Å². The minimum atomic E-state index is -0.0541. The maximum atomic E-state index is 12.8. The Labute approximate surface area is 262 Å². The second-order valence-electron chi connectivity index (χ2n) is 11.5. The van der Waals surface area contributed by atoms with Crippen molar-refractivity contribution in [2.24, 2.45) is 5.92 Å². The number of piperidine rings is 1. The molecule has 0 radical (unpaired) electrons. The predicted octanol–water partition coefficient (Wildman–Crippen LogP) is 7.27. The van der Waals surface area contributed by atoms with Crippen LogP contribution in [0.4, 0.5) is 23.0 Å². The first-order valence-corrected chi connectivity index (χ1v) is 16.2. The third-order valence-electron chi connectivity index (χ3n) is 8.28. The van der Waals surface area contributed by atoms with E-state index in [2.05, 4.69) is 56.3 Å². The third-order valence-corrected chi connectivity index (χ3v) is 9.23. The largest absolute Gasteiger partial charge is 0.372 e. The van der Waals surface area contributed by atoms with Crippen LogP contribution in [0, 0.1) is 5.92 Å². The van der Waals surface area contributed by atoms with Crippen LogP contribution in [-0.4, -0.2) is 44.3 Å². The standard InChI is InChI=1S/C35H35N7OS/c1-24-15-18-41(19-16-24)29-12-10-27(11-13-29)38-34-36-17-14-30(39-34)33-32(40-35-42(33)20-21-44-35)26-8-5-9-28(23-26)37-31(43)22-25-6-3-2-4-7-25/h2-14,17,23-24H,15-16,18-22H2,1H3,(H,37,43)(H,36,38,39). The third kappa shape index (κ3) is 6.19. The van der Waals surface area contributed by atoms with E-state index in [0.29, 0.717) is 12.4 Å². The SMILES string of the molecule is CC1CCN(c2ccc(Nc3nccc(-c4c(-c5cccc(NC(=O)Cc6ccccc6)c5)nc5n4CCS5)n3)cc2)CC1. The first-order valence-electron chi connectivity index (χ1n) is 15.2. The quantitative estimate of drug-likeness (QED) is 0.193. The Balaban J connectivity index is 1.12. The fourth-order valence-corrected chi connectivity index (χ4v) is 6.82. The molecule has 2 aliphatic heterocycles. The van der Waals surface area contributed by atoms with Gasteiger partial charge in [0, 0.05) is 54.2 Å². The molecule has 0 atom stereocenters. The van der Waals surface area contributed by atoms with E-state index in [1.165, 1.54) is 18.5 Å². The number of imidazole rings is 1. The average molecular weight is 602 g/mol. The van der Waals surface area contributed by atoms with E-state index in [9.17, 15) is 4.79 Å². The van der Waals surface area contributed by atoms with Gasteiger partial charge in [0.1, 0.15) is 0 Å². The van der Waals surface area contributed by atoms with Crippen molar-refractivity contribution in [3.63, 3.8) is 0 Å². The molecule has 44 heavy (non-hydrogen) atoms. The van der Waals surface area contributed by atoms with Gasteiger partial charge in [0.05, 0.1) is 23.5 Å². The van der Waals surface area contributed by atoms with Crippen molar-refractivity contribution in [2.45, 2.75) is 37.9 Å². The lowest BCUT2D eigenvalue weighted by Gasteiger charge is -2.32. The Morgan fingerprint density at radius 3 is 2.55 bits per heavy atom. The molecule has 0 aliphatic carbocycles. The number of hydrogen-bond acceptors (Lipinski definition) is 7. The number of carbonyl (C=O) groups is 1. The lowest BCUT2D eigenvalue weighted by molar-refractivity contribution is -0.115. The van der Waals surface area contributed by atoms with Crippen LogP contribution in [0.3, 0.4) is 0 Å². The summed E-state index contributed by atoms with van der Waals surface area (Å²) in [5, 5.41) is 7.43. The summed E-state index contributed by atoms with van der Waals surface area (Å²) in [6, 6.07) is 28.1. The van der Waals surface area contributed by atoms with Gasteiger partial charge in [-0.2, -0.15) is 0 Å². The Bertz CT molecular complexity index is 1760. The number of benzene rings is 3. The summed E-state index contributed by atoms with van der Waals surface area (Å²) in [5.74, 6) is 2.27. The van der Waals surface area contributed by atoms with Crippen LogP contribution in [0.1, 0.15) is 25.3 Å². The predicted molar refractivity (Wildman–Crippen MR) is 179 cm³/mol. The van der Waals surface area contributed by atoms with E-state index in [0.717, 1.165) is 76.0 Å². The normalized spacial score (nSPS) is 14.8. The minimum absolute atomic E-state index is 0.0541. The molecule has 222 valence electrons. The molecule has 0 saturated carbocycles. The number of amides is 1.